The highest BCUT2D eigenvalue weighted by molar-refractivity contribution is 7.85. The molecule has 0 aliphatic carbocycles. The third kappa shape index (κ3) is 3.75. The molecule has 0 fully saturated rings. The first kappa shape index (κ1) is 11.8. The third-order valence-corrected chi connectivity index (χ3v) is 4.45. The molecule has 0 N–H and O–H groups in total. The Balaban J connectivity index is 2.75. The van der Waals surface area contributed by atoms with E-state index in [2.05, 4.69) is 6.92 Å². The second kappa shape index (κ2) is 6.19. The maximum atomic E-state index is 12.2. The van der Waals surface area contributed by atoms with Crippen LogP contribution >= 0.6 is 0 Å². The standard InChI is InChI=1S/C14H22OS/c1-5-13(11(2)3)10-16(15)14-8-6-12(4)7-9-14/h6-9,11,13H,5,10H2,1-4H3/t13-,16-/m1/s1/i11D. The Kier molecular flexibility index (Phi) is 4.58. The number of hydrogen-bond acceptors (Lipinski definition) is 1. The van der Waals surface area contributed by atoms with Crippen LogP contribution in [0.25, 0.3) is 0 Å². The number of aryl methyl sites for hydroxylation is 1. The SMILES string of the molecule is [2H]C(C)(C)[C@H](CC)C[S@@](=O)c1ccc(C)cc1. The molecule has 0 amide bonds. The van der Waals surface area contributed by atoms with Crippen molar-refractivity contribution in [2.24, 2.45) is 11.8 Å². The van der Waals surface area contributed by atoms with Gasteiger partial charge in [-0.05, 0) is 30.9 Å². The summed E-state index contributed by atoms with van der Waals surface area (Å²) < 4.78 is 20.2. The van der Waals surface area contributed by atoms with Crippen LogP contribution in [0.2, 0.25) is 0 Å². The van der Waals surface area contributed by atoms with Gasteiger partial charge < -0.3 is 0 Å². The quantitative estimate of drug-likeness (QED) is 0.764. The lowest BCUT2D eigenvalue weighted by molar-refractivity contribution is 0.411. The predicted molar refractivity (Wildman–Crippen MR) is 71.1 cm³/mol. The molecule has 0 saturated heterocycles. The topological polar surface area (TPSA) is 17.1 Å². The summed E-state index contributed by atoms with van der Waals surface area (Å²) in [6.45, 7) is 7.88. The van der Waals surface area contributed by atoms with Crippen molar-refractivity contribution < 1.29 is 5.58 Å². The lowest BCUT2D eigenvalue weighted by atomic mass is 9.96. The van der Waals surface area contributed by atoms with E-state index in [4.69, 9.17) is 1.37 Å². The maximum Gasteiger partial charge on any atom is 0.0532 e. The number of hydrogen-bond donors (Lipinski definition) is 0. The molecule has 0 bridgehead atoms. The molecule has 0 spiro atoms. The molecule has 1 rings (SSSR count). The predicted octanol–water partition coefficient (Wildman–Crippen LogP) is 3.78. The molecule has 2 heteroatoms. The zero-order valence-corrected chi connectivity index (χ0v) is 11.4. The van der Waals surface area contributed by atoms with Gasteiger partial charge in [0, 0.05) is 12.0 Å². The first-order valence-corrected chi connectivity index (χ1v) is 7.11. The monoisotopic (exact) mass is 239 g/mol. The molecule has 0 aromatic heterocycles. The van der Waals surface area contributed by atoms with Gasteiger partial charge in [-0.3, -0.25) is 4.21 Å². The summed E-state index contributed by atoms with van der Waals surface area (Å²) in [7, 11) is -0.988. The molecule has 0 aliphatic heterocycles. The van der Waals surface area contributed by atoms with Gasteiger partial charge >= 0.3 is 0 Å². The van der Waals surface area contributed by atoms with Crippen LogP contribution in [0.3, 0.4) is 0 Å². The van der Waals surface area contributed by atoms with Gasteiger partial charge in [0.05, 0.1) is 10.8 Å². The summed E-state index contributed by atoms with van der Waals surface area (Å²) in [4.78, 5) is 0.873. The van der Waals surface area contributed by atoms with Crippen molar-refractivity contribution in [1.29, 1.82) is 0 Å². The Morgan fingerprint density at radius 3 is 2.31 bits per heavy atom. The molecule has 1 aromatic rings. The summed E-state index contributed by atoms with van der Waals surface area (Å²) in [6.07, 6.45) is 0.897. The Morgan fingerprint density at radius 2 is 1.88 bits per heavy atom. The van der Waals surface area contributed by atoms with E-state index in [1.807, 2.05) is 45.0 Å². The van der Waals surface area contributed by atoms with Crippen molar-refractivity contribution in [3.63, 3.8) is 0 Å². The first-order valence-electron chi connectivity index (χ1n) is 6.29. The molecule has 16 heavy (non-hydrogen) atoms. The minimum Gasteiger partial charge on any atom is -0.254 e. The highest BCUT2D eigenvalue weighted by atomic mass is 32.2. The molecule has 0 radical (unpaired) electrons. The van der Waals surface area contributed by atoms with Crippen LogP contribution < -0.4 is 0 Å². The van der Waals surface area contributed by atoms with E-state index in [9.17, 15) is 4.21 Å². The average molecular weight is 239 g/mol. The van der Waals surface area contributed by atoms with Crippen LogP contribution in [0, 0.1) is 18.7 Å². The smallest absolute Gasteiger partial charge is 0.0532 e. The molecule has 1 aromatic carbocycles. The molecule has 0 aliphatic rings. The van der Waals surface area contributed by atoms with Crippen molar-refractivity contribution >= 4 is 10.8 Å². The van der Waals surface area contributed by atoms with Crippen LogP contribution in [0.4, 0.5) is 0 Å². The Bertz CT molecular complexity index is 378. The minimum absolute atomic E-state index is 0.171. The highest BCUT2D eigenvalue weighted by Crippen LogP contribution is 2.19. The number of benzene rings is 1. The average Bonchev–Trinajstić information content (AvgIpc) is 2.24. The van der Waals surface area contributed by atoms with Gasteiger partial charge in [0.1, 0.15) is 0 Å². The van der Waals surface area contributed by atoms with Crippen LogP contribution in [-0.4, -0.2) is 9.96 Å². The van der Waals surface area contributed by atoms with Gasteiger partial charge in [-0.25, -0.2) is 0 Å². The van der Waals surface area contributed by atoms with Crippen LogP contribution in [0.5, 0.6) is 0 Å². The van der Waals surface area contributed by atoms with Gasteiger partial charge in [-0.1, -0.05) is 44.9 Å². The summed E-state index contributed by atoms with van der Waals surface area (Å²) in [5.41, 5.74) is 1.18. The first-order chi connectivity index (χ1) is 7.84. The zero-order valence-electron chi connectivity index (χ0n) is 11.6. The fourth-order valence-corrected chi connectivity index (χ4v) is 3.23. The molecule has 2 atom stereocenters. The highest BCUT2D eigenvalue weighted by Gasteiger charge is 2.15. The molecular weight excluding hydrogens is 216 g/mol. The van der Waals surface area contributed by atoms with E-state index in [1.54, 1.807) is 0 Å². The van der Waals surface area contributed by atoms with Crippen molar-refractivity contribution in [2.45, 2.75) is 39.0 Å². The van der Waals surface area contributed by atoms with E-state index in [-0.39, 0.29) is 5.92 Å². The van der Waals surface area contributed by atoms with Crippen molar-refractivity contribution in [3.8, 4) is 0 Å². The van der Waals surface area contributed by atoms with E-state index in [1.165, 1.54) is 5.56 Å². The zero-order chi connectivity index (χ0) is 13.1. The Morgan fingerprint density at radius 1 is 1.31 bits per heavy atom. The van der Waals surface area contributed by atoms with Gasteiger partial charge in [0.2, 0.25) is 0 Å². The van der Waals surface area contributed by atoms with Crippen molar-refractivity contribution in [3.05, 3.63) is 29.8 Å². The summed E-state index contributed by atoms with van der Waals surface area (Å²) in [5, 5.41) is 0. The third-order valence-electron chi connectivity index (χ3n) is 2.95. The van der Waals surface area contributed by atoms with Crippen molar-refractivity contribution in [2.75, 3.05) is 5.75 Å². The van der Waals surface area contributed by atoms with E-state index in [0.717, 1.165) is 11.3 Å². The van der Waals surface area contributed by atoms with Crippen LogP contribution in [0.15, 0.2) is 29.2 Å². The van der Waals surface area contributed by atoms with Gasteiger partial charge in [-0.2, -0.15) is 0 Å². The summed E-state index contributed by atoms with van der Waals surface area (Å²) in [6, 6.07) is 7.82. The van der Waals surface area contributed by atoms with Crippen LogP contribution in [-0.2, 0) is 10.8 Å². The second-order valence-electron chi connectivity index (χ2n) is 4.51. The van der Waals surface area contributed by atoms with Gasteiger partial charge in [-0.15, -0.1) is 0 Å². The normalized spacial score (nSPS) is 16.6. The fraction of sp³-hybridized carbons (Fsp3) is 0.571. The Hall–Kier alpha value is -0.630. The molecule has 90 valence electrons. The van der Waals surface area contributed by atoms with Gasteiger partial charge in [0.25, 0.3) is 0 Å². The fourth-order valence-electron chi connectivity index (χ4n) is 1.66. The lowest BCUT2D eigenvalue weighted by Gasteiger charge is -2.18. The van der Waals surface area contributed by atoms with Gasteiger partial charge in [0.15, 0.2) is 0 Å². The molecule has 1 nitrogen and oxygen atoms in total. The molecule has 0 saturated carbocycles. The largest absolute Gasteiger partial charge is 0.254 e. The van der Waals surface area contributed by atoms with E-state index >= 15 is 0 Å². The summed E-state index contributed by atoms with van der Waals surface area (Å²) >= 11 is 0. The minimum atomic E-state index is -0.988. The maximum absolute atomic E-state index is 12.2. The van der Waals surface area contributed by atoms with E-state index < -0.39 is 16.7 Å². The lowest BCUT2D eigenvalue weighted by Crippen LogP contribution is -2.16. The molecule has 0 heterocycles. The second-order valence-corrected chi connectivity index (χ2v) is 6.00. The van der Waals surface area contributed by atoms with Crippen LogP contribution in [0.1, 0.15) is 34.1 Å². The summed E-state index contributed by atoms with van der Waals surface area (Å²) in [5.74, 6) is 0.232. The van der Waals surface area contributed by atoms with Crippen molar-refractivity contribution in [1.82, 2.24) is 0 Å². The Labute approximate surface area is 103 Å². The van der Waals surface area contributed by atoms with E-state index in [0.29, 0.717) is 5.75 Å². The number of rotatable bonds is 5. The molecule has 0 unspecified atom stereocenters. The molecular formula is C14H22OS.